The van der Waals surface area contributed by atoms with Crippen LogP contribution in [0.4, 0.5) is 0 Å². The number of hydrogen-bond donors (Lipinski definition) is 0. The van der Waals surface area contributed by atoms with Gasteiger partial charge in [-0.2, -0.15) is 0 Å². The van der Waals surface area contributed by atoms with Gasteiger partial charge in [-0.25, -0.2) is 8.42 Å². The lowest BCUT2D eigenvalue weighted by Gasteiger charge is -2.21. The van der Waals surface area contributed by atoms with E-state index in [1.54, 1.807) is 26.4 Å². The summed E-state index contributed by atoms with van der Waals surface area (Å²) in [7, 11) is -0.138. The van der Waals surface area contributed by atoms with E-state index in [0.717, 1.165) is 37.7 Å². The predicted molar refractivity (Wildman–Crippen MR) is 108 cm³/mol. The second kappa shape index (κ2) is 11.9. The van der Waals surface area contributed by atoms with Crippen LogP contribution in [0.2, 0.25) is 0 Å². The molecular weight excluding hydrogens is 380 g/mol. The van der Waals surface area contributed by atoms with Gasteiger partial charge in [0.25, 0.3) is 0 Å². The van der Waals surface area contributed by atoms with Crippen molar-refractivity contribution >= 4 is 9.84 Å². The van der Waals surface area contributed by atoms with Crippen molar-refractivity contribution in [3.05, 3.63) is 29.8 Å². The normalized spacial score (nSPS) is 16.7. The van der Waals surface area contributed by atoms with Gasteiger partial charge in [0.15, 0.2) is 22.4 Å². The molecule has 0 radical (unpaired) electrons. The highest BCUT2D eigenvalue weighted by atomic mass is 32.2. The Morgan fingerprint density at radius 2 is 1.54 bits per heavy atom. The minimum Gasteiger partial charge on any atom is -0.356 e. The molecule has 0 bridgehead atoms. The molecule has 1 unspecified atom stereocenters. The van der Waals surface area contributed by atoms with Crippen LogP contribution < -0.4 is 0 Å². The Hall–Kier alpha value is -0.990. The van der Waals surface area contributed by atoms with Gasteiger partial charge in [-0.3, -0.25) is 0 Å². The molecule has 1 aromatic rings. The molecular formula is C21H34O6S. The average Bonchev–Trinajstić information content (AvgIpc) is 3.20. The van der Waals surface area contributed by atoms with E-state index < -0.39 is 21.4 Å². The van der Waals surface area contributed by atoms with Gasteiger partial charge < -0.3 is 18.9 Å². The Bertz CT molecular complexity index is 648. The van der Waals surface area contributed by atoms with Crippen LogP contribution in [0.5, 0.6) is 0 Å². The van der Waals surface area contributed by atoms with Crippen LogP contribution >= 0.6 is 0 Å². The molecule has 1 fully saturated rings. The van der Waals surface area contributed by atoms with Crippen molar-refractivity contribution in [2.24, 2.45) is 0 Å². The fourth-order valence-corrected chi connectivity index (χ4v) is 5.23. The first-order valence-corrected chi connectivity index (χ1v) is 11.6. The number of benzene rings is 1. The van der Waals surface area contributed by atoms with Crippen LogP contribution in [0, 0.1) is 6.92 Å². The Labute approximate surface area is 169 Å². The summed E-state index contributed by atoms with van der Waals surface area (Å²) >= 11 is 0. The van der Waals surface area contributed by atoms with Crippen LogP contribution in [0.15, 0.2) is 29.2 Å². The van der Waals surface area contributed by atoms with E-state index in [0.29, 0.717) is 31.0 Å². The number of methoxy groups -OCH3 is 2. The smallest absolute Gasteiger partial charge is 0.181 e. The number of hydrogen-bond acceptors (Lipinski definition) is 6. The molecule has 1 aliphatic heterocycles. The number of ether oxygens (including phenoxy) is 4. The highest BCUT2D eigenvalue weighted by Crippen LogP contribution is 2.27. The summed E-state index contributed by atoms with van der Waals surface area (Å²) in [5, 5.41) is -0.496. The van der Waals surface area contributed by atoms with Crippen LogP contribution in [0.1, 0.15) is 50.5 Å². The Kier molecular flexibility index (Phi) is 9.88. The summed E-state index contributed by atoms with van der Waals surface area (Å²) in [4.78, 5) is 0.379. The van der Waals surface area contributed by atoms with Crippen LogP contribution in [0.25, 0.3) is 0 Å². The molecule has 0 spiro atoms. The largest absolute Gasteiger partial charge is 0.356 e. The SMILES string of the molecule is COC(CCCCCCC(CC1OCCO1)S(=O)(=O)c1ccc(C)cc1)OC. The molecule has 0 N–H and O–H groups in total. The summed E-state index contributed by atoms with van der Waals surface area (Å²) < 4.78 is 47.8. The van der Waals surface area contributed by atoms with Gasteiger partial charge in [-0.1, -0.05) is 37.0 Å². The molecule has 7 heteroatoms. The Morgan fingerprint density at radius 1 is 0.964 bits per heavy atom. The van der Waals surface area contributed by atoms with Gasteiger partial charge >= 0.3 is 0 Å². The number of sulfone groups is 1. The maximum absolute atomic E-state index is 13.2. The standard InChI is InChI=1S/C21H34O6S/c1-17-10-12-18(13-11-17)28(22,23)19(16-21-26-14-15-27-21)8-6-4-5-7-9-20(24-2)25-3/h10-13,19-21H,4-9,14-16H2,1-3H3. The van der Waals surface area contributed by atoms with Crippen LogP contribution in [-0.4, -0.2) is 53.7 Å². The molecule has 1 saturated heterocycles. The molecule has 1 aromatic carbocycles. The van der Waals surface area contributed by atoms with E-state index >= 15 is 0 Å². The maximum Gasteiger partial charge on any atom is 0.181 e. The second-order valence-electron chi connectivity index (χ2n) is 7.28. The fourth-order valence-electron chi connectivity index (χ4n) is 3.45. The van der Waals surface area contributed by atoms with Crippen LogP contribution in [-0.2, 0) is 28.8 Å². The highest BCUT2D eigenvalue weighted by molar-refractivity contribution is 7.92. The lowest BCUT2D eigenvalue weighted by atomic mass is 10.1. The molecule has 2 rings (SSSR count). The van der Waals surface area contributed by atoms with E-state index in [4.69, 9.17) is 18.9 Å². The maximum atomic E-state index is 13.2. The molecule has 28 heavy (non-hydrogen) atoms. The summed E-state index contributed by atoms with van der Waals surface area (Å²) in [6.07, 6.45) is 5.11. The number of unbranched alkanes of at least 4 members (excludes halogenated alkanes) is 3. The molecule has 6 nitrogen and oxygen atoms in total. The summed E-state index contributed by atoms with van der Waals surface area (Å²) in [5.41, 5.74) is 1.04. The summed E-state index contributed by atoms with van der Waals surface area (Å²) in [6, 6.07) is 7.08. The monoisotopic (exact) mass is 414 g/mol. The lowest BCUT2D eigenvalue weighted by molar-refractivity contribution is -0.107. The first-order valence-electron chi connectivity index (χ1n) is 10.1. The molecule has 0 saturated carbocycles. The topological polar surface area (TPSA) is 71.1 Å². The minimum atomic E-state index is -3.42. The van der Waals surface area contributed by atoms with Crippen LogP contribution in [0.3, 0.4) is 0 Å². The molecule has 160 valence electrons. The van der Waals surface area contributed by atoms with E-state index in [-0.39, 0.29) is 6.29 Å². The predicted octanol–water partition coefficient (Wildman–Crippen LogP) is 3.86. The Balaban J connectivity index is 1.91. The summed E-state index contributed by atoms with van der Waals surface area (Å²) in [5.74, 6) is 0. The molecule has 1 aliphatic rings. The van der Waals surface area contributed by atoms with E-state index in [1.807, 2.05) is 19.1 Å². The quantitative estimate of drug-likeness (QED) is 0.361. The molecule has 1 atom stereocenters. The number of rotatable bonds is 13. The minimum absolute atomic E-state index is 0.161. The van der Waals surface area contributed by atoms with Crippen molar-refractivity contribution in [2.75, 3.05) is 27.4 Å². The van der Waals surface area contributed by atoms with Crippen molar-refractivity contribution in [2.45, 2.75) is 74.6 Å². The first kappa shape index (κ1) is 23.3. The second-order valence-corrected chi connectivity index (χ2v) is 9.51. The molecule has 1 heterocycles. The zero-order chi connectivity index (χ0) is 20.4. The third-order valence-electron chi connectivity index (χ3n) is 5.18. The third-order valence-corrected chi connectivity index (χ3v) is 7.41. The Morgan fingerprint density at radius 3 is 2.11 bits per heavy atom. The molecule has 0 amide bonds. The lowest BCUT2D eigenvalue weighted by Crippen LogP contribution is -2.27. The first-order chi connectivity index (χ1) is 13.5. The van der Waals surface area contributed by atoms with Crippen molar-refractivity contribution in [1.29, 1.82) is 0 Å². The van der Waals surface area contributed by atoms with Gasteiger partial charge in [-0.15, -0.1) is 0 Å². The fraction of sp³-hybridized carbons (Fsp3) is 0.714. The highest BCUT2D eigenvalue weighted by Gasteiger charge is 2.31. The van der Waals surface area contributed by atoms with Gasteiger partial charge in [-0.05, 0) is 38.3 Å². The number of aryl methyl sites for hydroxylation is 1. The average molecular weight is 415 g/mol. The van der Waals surface area contributed by atoms with Gasteiger partial charge in [0.1, 0.15) is 0 Å². The zero-order valence-corrected chi connectivity index (χ0v) is 18.1. The molecule has 0 aromatic heterocycles. The van der Waals surface area contributed by atoms with Crippen molar-refractivity contribution in [3.8, 4) is 0 Å². The summed E-state index contributed by atoms with van der Waals surface area (Å²) in [6.45, 7) is 3.01. The zero-order valence-electron chi connectivity index (χ0n) is 17.3. The molecule has 0 aliphatic carbocycles. The van der Waals surface area contributed by atoms with Gasteiger partial charge in [0, 0.05) is 20.6 Å². The van der Waals surface area contributed by atoms with Gasteiger partial charge in [0.05, 0.1) is 23.4 Å². The van der Waals surface area contributed by atoms with E-state index in [1.165, 1.54) is 0 Å². The van der Waals surface area contributed by atoms with Crippen molar-refractivity contribution < 1.29 is 27.4 Å². The van der Waals surface area contributed by atoms with E-state index in [2.05, 4.69) is 0 Å². The van der Waals surface area contributed by atoms with Crippen molar-refractivity contribution in [3.63, 3.8) is 0 Å². The van der Waals surface area contributed by atoms with Gasteiger partial charge in [0.2, 0.25) is 0 Å². The third kappa shape index (κ3) is 7.12. The van der Waals surface area contributed by atoms with Crippen molar-refractivity contribution in [1.82, 2.24) is 0 Å². The van der Waals surface area contributed by atoms with E-state index in [9.17, 15) is 8.42 Å².